The molecule has 0 radical (unpaired) electrons. The zero-order valence-electron chi connectivity index (χ0n) is 8.09. The van der Waals surface area contributed by atoms with E-state index in [0.717, 1.165) is 12.1 Å². The Bertz CT molecular complexity index is 401. The Morgan fingerprint density at radius 1 is 1.33 bits per heavy atom. The van der Waals surface area contributed by atoms with Crippen molar-refractivity contribution in [1.82, 2.24) is 0 Å². The topological polar surface area (TPSA) is 38.7 Å². The van der Waals surface area contributed by atoms with E-state index >= 15 is 0 Å². The maximum Gasteiger partial charge on any atom is 0.235 e. The lowest BCUT2D eigenvalue weighted by Crippen LogP contribution is -1.98. The zero-order valence-corrected chi connectivity index (χ0v) is 8.09. The summed E-state index contributed by atoms with van der Waals surface area (Å²) < 4.78 is 31.2. The highest BCUT2D eigenvalue weighted by Gasteiger charge is 2.09. The Balaban J connectivity index is 3.01. The molecule has 0 fully saturated rings. The molecule has 5 heteroatoms. The van der Waals surface area contributed by atoms with Crippen molar-refractivity contribution in [2.45, 2.75) is 13.2 Å². The molecule has 0 spiro atoms. The van der Waals surface area contributed by atoms with Crippen molar-refractivity contribution in [3.8, 4) is 0 Å². The van der Waals surface area contributed by atoms with Crippen LogP contribution in [0.1, 0.15) is 11.1 Å². The summed E-state index contributed by atoms with van der Waals surface area (Å²) in [6.07, 6.45) is 1.26. The molecule has 0 atom stereocenters. The van der Waals surface area contributed by atoms with E-state index in [1.54, 1.807) is 0 Å². The number of ether oxygens (including phenoxy) is 1. The van der Waals surface area contributed by atoms with Gasteiger partial charge in [0.1, 0.15) is 11.6 Å². The number of nitrogens with zero attached hydrogens (tertiary/aromatic N) is 1. The fourth-order valence-electron chi connectivity index (χ4n) is 1.13. The zero-order chi connectivity index (χ0) is 11.3. The molecule has 0 aromatic heterocycles. The number of hydrogen-bond acceptors (Lipinski definition) is 3. The number of halogens is 2. The molecule has 0 bridgehead atoms. The van der Waals surface area contributed by atoms with E-state index in [4.69, 9.17) is 4.74 Å². The quantitative estimate of drug-likeness (QED) is 0.566. The SMILES string of the molecule is COCc1cc(F)c(CN=C=O)cc1F. The maximum atomic E-state index is 13.3. The second-order valence-corrected chi connectivity index (χ2v) is 2.88. The van der Waals surface area contributed by atoms with Gasteiger partial charge in [-0.25, -0.2) is 18.6 Å². The molecular formula is C10H9F2NO2. The van der Waals surface area contributed by atoms with Gasteiger partial charge in [0, 0.05) is 18.2 Å². The van der Waals surface area contributed by atoms with Gasteiger partial charge in [-0.15, -0.1) is 0 Å². The van der Waals surface area contributed by atoms with Crippen LogP contribution in [0.25, 0.3) is 0 Å². The lowest BCUT2D eigenvalue weighted by molar-refractivity contribution is 0.181. The summed E-state index contributed by atoms with van der Waals surface area (Å²) >= 11 is 0. The molecule has 0 N–H and O–H groups in total. The molecule has 0 aliphatic carbocycles. The predicted octanol–water partition coefficient (Wildman–Crippen LogP) is 1.95. The molecule has 1 rings (SSSR count). The molecule has 15 heavy (non-hydrogen) atoms. The first-order valence-corrected chi connectivity index (χ1v) is 4.18. The average molecular weight is 213 g/mol. The van der Waals surface area contributed by atoms with Crippen LogP contribution >= 0.6 is 0 Å². The molecule has 0 saturated carbocycles. The molecule has 1 aromatic carbocycles. The normalized spacial score (nSPS) is 9.80. The fraction of sp³-hybridized carbons (Fsp3) is 0.300. The van der Waals surface area contributed by atoms with Crippen LogP contribution in [-0.4, -0.2) is 13.2 Å². The molecule has 0 aliphatic rings. The molecule has 0 aliphatic heterocycles. The van der Waals surface area contributed by atoms with Crippen molar-refractivity contribution in [2.75, 3.05) is 7.11 Å². The first-order valence-electron chi connectivity index (χ1n) is 4.18. The van der Waals surface area contributed by atoms with Crippen molar-refractivity contribution >= 4 is 6.08 Å². The summed E-state index contributed by atoms with van der Waals surface area (Å²) in [5.41, 5.74) is 0.157. The van der Waals surface area contributed by atoms with E-state index in [0.29, 0.717) is 0 Å². The second-order valence-electron chi connectivity index (χ2n) is 2.88. The molecule has 0 saturated heterocycles. The summed E-state index contributed by atoms with van der Waals surface area (Å²) in [5, 5.41) is 0. The van der Waals surface area contributed by atoms with E-state index in [2.05, 4.69) is 4.99 Å². The minimum Gasteiger partial charge on any atom is -0.380 e. The first kappa shape index (κ1) is 11.5. The van der Waals surface area contributed by atoms with E-state index in [1.807, 2.05) is 0 Å². The van der Waals surface area contributed by atoms with E-state index < -0.39 is 11.6 Å². The molecule has 0 amide bonds. The molecule has 3 nitrogen and oxygen atoms in total. The molecule has 1 aromatic rings. The van der Waals surface area contributed by atoms with Crippen LogP contribution in [0.3, 0.4) is 0 Å². The largest absolute Gasteiger partial charge is 0.380 e. The van der Waals surface area contributed by atoms with Gasteiger partial charge >= 0.3 is 0 Å². The maximum absolute atomic E-state index is 13.3. The molecule has 80 valence electrons. The third-order valence-corrected chi connectivity index (χ3v) is 1.83. The van der Waals surface area contributed by atoms with Crippen LogP contribution in [0.2, 0.25) is 0 Å². The summed E-state index contributed by atoms with van der Waals surface area (Å²) in [5.74, 6) is -1.18. The van der Waals surface area contributed by atoms with Gasteiger partial charge in [0.25, 0.3) is 0 Å². The number of hydrogen-bond donors (Lipinski definition) is 0. The summed E-state index contributed by atoms with van der Waals surface area (Å²) in [4.78, 5) is 13.0. The Morgan fingerprint density at radius 2 is 1.93 bits per heavy atom. The molecular weight excluding hydrogens is 204 g/mol. The van der Waals surface area contributed by atoms with Crippen LogP contribution in [0.4, 0.5) is 8.78 Å². The second kappa shape index (κ2) is 5.34. The summed E-state index contributed by atoms with van der Waals surface area (Å²) in [7, 11) is 1.39. The van der Waals surface area contributed by atoms with Gasteiger partial charge in [0.2, 0.25) is 6.08 Å². The van der Waals surface area contributed by atoms with Gasteiger partial charge in [-0.2, -0.15) is 0 Å². The minimum atomic E-state index is -0.609. The van der Waals surface area contributed by atoms with Crippen LogP contribution in [0, 0.1) is 11.6 Å². The molecule has 0 heterocycles. The van der Waals surface area contributed by atoms with Crippen molar-refractivity contribution in [3.05, 3.63) is 34.9 Å². The van der Waals surface area contributed by atoms with Crippen molar-refractivity contribution in [3.63, 3.8) is 0 Å². The Kier molecular flexibility index (Phi) is 4.09. The van der Waals surface area contributed by atoms with E-state index in [-0.39, 0.29) is 24.3 Å². The van der Waals surface area contributed by atoms with Crippen molar-refractivity contribution in [1.29, 1.82) is 0 Å². The van der Waals surface area contributed by atoms with Crippen LogP contribution in [0.15, 0.2) is 17.1 Å². The summed E-state index contributed by atoms with van der Waals surface area (Å²) in [6.45, 7) is -0.209. The average Bonchev–Trinajstić information content (AvgIpc) is 2.21. The van der Waals surface area contributed by atoms with Gasteiger partial charge in [0.15, 0.2) is 0 Å². The first-order chi connectivity index (χ1) is 7.19. The van der Waals surface area contributed by atoms with Crippen molar-refractivity contribution in [2.24, 2.45) is 4.99 Å². The summed E-state index contributed by atoms with van der Waals surface area (Å²) in [6, 6.07) is 2.04. The smallest absolute Gasteiger partial charge is 0.235 e. The molecule has 0 unspecified atom stereocenters. The van der Waals surface area contributed by atoms with E-state index in [1.165, 1.54) is 13.2 Å². The van der Waals surface area contributed by atoms with Gasteiger partial charge < -0.3 is 4.74 Å². The van der Waals surface area contributed by atoms with Gasteiger partial charge in [0.05, 0.1) is 13.2 Å². The van der Waals surface area contributed by atoms with Gasteiger partial charge in [-0.05, 0) is 12.1 Å². The highest BCUT2D eigenvalue weighted by Crippen LogP contribution is 2.16. The van der Waals surface area contributed by atoms with Crippen molar-refractivity contribution < 1.29 is 18.3 Å². The van der Waals surface area contributed by atoms with Crippen LogP contribution in [0.5, 0.6) is 0 Å². The highest BCUT2D eigenvalue weighted by molar-refractivity contribution is 5.34. The Morgan fingerprint density at radius 3 is 2.53 bits per heavy atom. The Labute approximate surface area is 85.4 Å². The number of methoxy groups -OCH3 is 1. The number of aliphatic imine (C=N–C) groups is 1. The lowest BCUT2D eigenvalue weighted by atomic mass is 10.1. The third kappa shape index (κ3) is 2.94. The van der Waals surface area contributed by atoms with Gasteiger partial charge in [-0.1, -0.05) is 0 Å². The Hall–Kier alpha value is -1.58. The number of isocyanates is 1. The monoisotopic (exact) mass is 213 g/mol. The van der Waals surface area contributed by atoms with Crippen LogP contribution in [-0.2, 0) is 22.7 Å². The number of carbonyl (C=O) groups excluding carboxylic acids is 1. The number of benzene rings is 1. The van der Waals surface area contributed by atoms with Gasteiger partial charge in [-0.3, -0.25) is 0 Å². The third-order valence-electron chi connectivity index (χ3n) is 1.83. The standard InChI is InChI=1S/C10H9F2NO2/c1-15-5-8-3-9(11)7(2-10(8)12)4-13-6-14/h2-3H,4-5H2,1H3. The predicted molar refractivity (Wildman–Crippen MR) is 48.9 cm³/mol. The van der Waals surface area contributed by atoms with Crippen LogP contribution < -0.4 is 0 Å². The van der Waals surface area contributed by atoms with E-state index in [9.17, 15) is 13.6 Å². The fourth-order valence-corrected chi connectivity index (χ4v) is 1.13. The number of rotatable bonds is 4. The minimum absolute atomic E-state index is 0.0000181. The highest BCUT2D eigenvalue weighted by atomic mass is 19.1. The lowest BCUT2D eigenvalue weighted by Gasteiger charge is -2.05.